The molecule has 25 heavy (non-hydrogen) atoms. The molecule has 3 atom stereocenters. The van der Waals surface area contributed by atoms with Crippen LogP contribution in [-0.2, 0) is 11.2 Å². The van der Waals surface area contributed by atoms with Crippen LogP contribution >= 0.6 is 12.4 Å². The first-order valence-corrected chi connectivity index (χ1v) is 9.25. The molecule has 2 saturated heterocycles. The summed E-state index contributed by atoms with van der Waals surface area (Å²) in [6.07, 6.45) is 6.57. The number of hydrogen-bond donors (Lipinski definition) is 2. The fraction of sp³-hybridized carbons (Fsp3) is 0.722. The normalized spacial score (nSPS) is 26.6. The summed E-state index contributed by atoms with van der Waals surface area (Å²) in [5.41, 5.74) is 1.06. The highest BCUT2D eigenvalue weighted by molar-refractivity contribution is 5.85. The fourth-order valence-electron chi connectivity index (χ4n) is 3.74. The Morgan fingerprint density at radius 3 is 3.00 bits per heavy atom. The van der Waals surface area contributed by atoms with Crippen LogP contribution in [0.15, 0.2) is 12.4 Å². The fourth-order valence-corrected chi connectivity index (χ4v) is 3.74. The monoisotopic (exact) mass is 367 g/mol. The highest BCUT2D eigenvalue weighted by Gasteiger charge is 2.28. The first-order valence-electron chi connectivity index (χ1n) is 9.25. The van der Waals surface area contributed by atoms with Crippen LogP contribution in [0.1, 0.15) is 45.2 Å². The van der Waals surface area contributed by atoms with Crippen LogP contribution < -0.4 is 15.5 Å². The molecule has 6 nitrogen and oxygen atoms in total. The number of halogens is 1. The second-order valence-electron chi connectivity index (χ2n) is 7.09. The van der Waals surface area contributed by atoms with Gasteiger partial charge in [-0.2, -0.15) is 0 Å². The van der Waals surface area contributed by atoms with E-state index in [0.717, 1.165) is 63.3 Å². The molecule has 7 heteroatoms. The maximum absolute atomic E-state index is 12.6. The van der Waals surface area contributed by atoms with Gasteiger partial charge in [-0.05, 0) is 45.6 Å². The Hall–Kier alpha value is -1.40. The minimum Gasteiger partial charge on any atom is -0.354 e. The van der Waals surface area contributed by atoms with Gasteiger partial charge in [-0.1, -0.05) is 6.92 Å². The Balaban J connectivity index is 0.00000225. The summed E-state index contributed by atoms with van der Waals surface area (Å²) in [5, 5.41) is 6.69. The minimum absolute atomic E-state index is 0. The number of piperidine rings is 2. The van der Waals surface area contributed by atoms with Crippen LogP contribution in [-0.4, -0.2) is 47.6 Å². The zero-order chi connectivity index (χ0) is 16.9. The highest BCUT2D eigenvalue weighted by atomic mass is 35.5. The van der Waals surface area contributed by atoms with Crippen LogP contribution in [0.5, 0.6) is 0 Å². The average Bonchev–Trinajstić information content (AvgIpc) is 2.62. The lowest BCUT2D eigenvalue weighted by atomic mass is 9.92. The van der Waals surface area contributed by atoms with Gasteiger partial charge in [-0.3, -0.25) is 4.79 Å². The van der Waals surface area contributed by atoms with E-state index in [4.69, 9.17) is 0 Å². The van der Waals surface area contributed by atoms with Crippen molar-refractivity contribution in [3.63, 3.8) is 0 Å². The van der Waals surface area contributed by atoms with E-state index in [-0.39, 0.29) is 30.3 Å². The van der Waals surface area contributed by atoms with Crippen molar-refractivity contribution >= 4 is 24.1 Å². The van der Waals surface area contributed by atoms with Crippen molar-refractivity contribution < 1.29 is 4.79 Å². The number of nitrogens with zero attached hydrogens (tertiary/aromatic N) is 3. The van der Waals surface area contributed by atoms with Crippen LogP contribution in [0.25, 0.3) is 0 Å². The van der Waals surface area contributed by atoms with Gasteiger partial charge in [-0.25, -0.2) is 9.97 Å². The number of carbonyl (C=O) groups is 1. The molecule has 1 amide bonds. The van der Waals surface area contributed by atoms with Gasteiger partial charge < -0.3 is 15.5 Å². The number of rotatable bonds is 4. The maximum Gasteiger partial charge on any atom is 0.223 e. The Morgan fingerprint density at radius 1 is 1.40 bits per heavy atom. The Kier molecular flexibility index (Phi) is 7.44. The minimum atomic E-state index is 0. The molecule has 1 aromatic heterocycles. The van der Waals surface area contributed by atoms with Gasteiger partial charge in [0.25, 0.3) is 0 Å². The van der Waals surface area contributed by atoms with E-state index in [1.54, 1.807) is 6.33 Å². The first kappa shape index (κ1) is 19.9. The van der Waals surface area contributed by atoms with E-state index in [1.165, 1.54) is 0 Å². The molecule has 1 unspecified atom stereocenters. The predicted molar refractivity (Wildman–Crippen MR) is 102 cm³/mol. The van der Waals surface area contributed by atoms with Crippen molar-refractivity contribution in [3.8, 4) is 0 Å². The number of aryl methyl sites for hydroxylation is 1. The third-order valence-corrected chi connectivity index (χ3v) is 5.16. The first-order chi connectivity index (χ1) is 11.7. The lowest BCUT2D eigenvalue weighted by Crippen LogP contribution is -2.51. The van der Waals surface area contributed by atoms with Crippen LogP contribution in [0.4, 0.5) is 5.82 Å². The molecule has 0 bridgehead atoms. The van der Waals surface area contributed by atoms with Crippen LogP contribution in [0.3, 0.4) is 0 Å². The van der Waals surface area contributed by atoms with Gasteiger partial charge in [0.05, 0.1) is 0 Å². The lowest BCUT2D eigenvalue weighted by molar-refractivity contribution is -0.126. The quantitative estimate of drug-likeness (QED) is 0.851. The molecule has 0 saturated carbocycles. The smallest absolute Gasteiger partial charge is 0.223 e. The molecule has 0 aromatic carbocycles. The third kappa shape index (κ3) is 5.28. The maximum atomic E-state index is 12.6. The zero-order valence-corrected chi connectivity index (χ0v) is 16.0. The van der Waals surface area contributed by atoms with Crippen LogP contribution in [0, 0.1) is 5.92 Å². The standard InChI is InChI=1S/C18H29N5O.ClH/c1-3-15-10-17(21-12-20-15)23-8-4-5-16(11-23)22-18(24)14-6-7-19-13(2)9-14;/h10,12-14,16,19H,3-9,11H2,1-2H3,(H,22,24);1H/t13-,14-,16?;/m0./s1. The van der Waals surface area contributed by atoms with Crippen molar-refractivity contribution in [1.82, 2.24) is 20.6 Å². The largest absolute Gasteiger partial charge is 0.354 e. The Labute approximate surface area is 156 Å². The molecule has 3 heterocycles. The van der Waals surface area contributed by atoms with E-state index in [1.807, 2.05) is 0 Å². The summed E-state index contributed by atoms with van der Waals surface area (Å²) in [6, 6.07) is 2.72. The van der Waals surface area contributed by atoms with Crippen molar-refractivity contribution in [2.45, 2.75) is 58.0 Å². The van der Waals surface area contributed by atoms with Gasteiger partial charge in [0.15, 0.2) is 0 Å². The summed E-state index contributed by atoms with van der Waals surface area (Å²) in [7, 11) is 0. The highest BCUT2D eigenvalue weighted by Crippen LogP contribution is 2.20. The molecule has 2 aliphatic rings. The number of amides is 1. The number of hydrogen-bond acceptors (Lipinski definition) is 5. The number of aromatic nitrogens is 2. The molecule has 2 aliphatic heterocycles. The second kappa shape index (κ2) is 9.34. The molecule has 140 valence electrons. The second-order valence-corrected chi connectivity index (χ2v) is 7.09. The molecule has 0 aliphatic carbocycles. The van der Waals surface area contributed by atoms with Gasteiger partial charge in [0.2, 0.25) is 5.91 Å². The van der Waals surface area contributed by atoms with E-state index < -0.39 is 0 Å². The van der Waals surface area contributed by atoms with E-state index in [2.05, 4.69) is 45.4 Å². The van der Waals surface area contributed by atoms with Crippen molar-refractivity contribution in [3.05, 3.63) is 18.1 Å². The predicted octanol–water partition coefficient (Wildman–Crippen LogP) is 1.93. The molecular weight excluding hydrogens is 338 g/mol. The van der Waals surface area contributed by atoms with Gasteiger partial charge >= 0.3 is 0 Å². The van der Waals surface area contributed by atoms with Crippen molar-refractivity contribution in [2.75, 3.05) is 24.5 Å². The molecule has 3 rings (SSSR count). The number of nitrogens with one attached hydrogen (secondary N) is 2. The van der Waals surface area contributed by atoms with E-state index in [0.29, 0.717) is 6.04 Å². The average molecular weight is 368 g/mol. The van der Waals surface area contributed by atoms with Crippen molar-refractivity contribution in [2.24, 2.45) is 5.92 Å². The summed E-state index contributed by atoms with van der Waals surface area (Å²) in [4.78, 5) is 23.5. The molecule has 2 fully saturated rings. The lowest BCUT2D eigenvalue weighted by Gasteiger charge is -2.35. The molecule has 0 radical (unpaired) electrons. The summed E-state index contributed by atoms with van der Waals surface area (Å²) in [5.74, 6) is 1.37. The number of anilines is 1. The Bertz CT molecular complexity index is 570. The summed E-state index contributed by atoms with van der Waals surface area (Å²) < 4.78 is 0. The molecule has 2 N–H and O–H groups in total. The molecule has 1 aromatic rings. The van der Waals surface area contributed by atoms with Crippen LogP contribution in [0.2, 0.25) is 0 Å². The van der Waals surface area contributed by atoms with Crippen molar-refractivity contribution in [1.29, 1.82) is 0 Å². The molecule has 0 spiro atoms. The van der Waals surface area contributed by atoms with Gasteiger partial charge in [-0.15, -0.1) is 12.4 Å². The zero-order valence-electron chi connectivity index (χ0n) is 15.2. The van der Waals surface area contributed by atoms with Gasteiger partial charge in [0, 0.05) is 42.9 Å². The summed E-state index contributed by atoms with van der Waals surface area (Å²) in [6.45, 7) is 7.04. The summed E-state index contributed by atoms with van der Waals surface area (Å²) >= 11 is 0. The SMILES string of the molecule is CCc1cc(N2CCCC(NC(=O)[C@H]3CCN[C@@H](C)C3)C2)ncn1.Cl. The van der Waals surface area contributed by atoms with E-state index in [9.17, 15) is 4.79 Å². The number of carbonyl (C=O) groups excluding carboxylic acids is 1. The Morgan fingerprint density at radius 2 is 2.24 bits per heavy atom. The molecular formula is C18H30ClN5O. The van der Waals surface area contributed by atoms with E-state index >= 15 is 0 Å². The third-order valence-electron chi connectivity index (χ3n) is 5.16. The van der Waals surface area contributed by atoms with Gasteiger partial charge in [0.1, 0.15) is 12.1 Å². The topological polar surface area (TPSA) is 70.2 Å².